The van der Waals surface area contributed by atoms with Crippen LogP contribution in [0.1, 0.15) is 10.6 Å². The number of thiazole rings is 1. The molecule has 3 rings (SSSR count). The molecule has 0 radical (unpaired) electrons. The van der Waals surface area contributed by atoms with E-state index in [1.54, 1.807) is 29.5 Å². The van der Waals surface area contributed by atoms with E-state index >= 15 is 0 Å². The molecule has 1 aliphatic heterocycles. The molecule has 5 nitrogen and oxygen atoms in total. The zero-order valence-electron chi connectivity index (χ0n) is 12.6. The van der Waals surface area contributed by atoms with E-state index in [1.807, 2.05) is 30.6 Å². The highest BCUT2D eigenvalue weighted by molar-refractivity contribution is 7.09. The van der Waals surface area contributed by atoms with Crippen molar-refractivity contribution in [3.63, 3.8) is 0 Å². The van der Waals surface area contributed by atoms with Crippen molar-refractivity contribution < 1.29 is 14.3 Å². The zero-order chi connectivity index (χ0) is 15.5. The van der Waals surface area contributed by atoms with Crippen molar-refractivity contribution in [2.45, 2.75) is 13.0 Å². The second kappa shape index (κ2) is 6.36. The molecule has 1 atom stereocenters. The van der Waals surface area contributed by atoms with E-state index in [0.717, 1.165) is 22.1 Å². The van der Waals surface area contributed by atoms with Gasteiger partial charge in [-0.05, 0) is 18.1 Å². The third-order valence-corrected chi connectivity index (χ3v) is 4.52. The number of hydrogen-bond donors (Lipinski definition) is 0. The lowest BCUT2D eigenvalue weighted by Gasteiger charge is -2.28. The van der Waals surface area contributed by atoms with Crippen molar-refractivity contribution in [2.24, 2.45) is 5.92 Å². The predicted octanol–water partition coefficient (Wildman–Crippen LogP) is 2.36. The van der Waals surface area contributed by atoms with Gasteiger partial charge < -0.3 is 14.4 Å². The van der Waals surface area contributed by atoms with Crippen LogP contribution in [0, 0.1) is 5.92 Å². The van der Waals surface area contributed by atoms with Gasteiger partial charge in [-0.25, -0.2) is 4.98 Å². The van der Waals surface area contributed by atoms with Crippen LogP contribution in [0.5, 0.6) is 11.5 Å². The molecule has 6 heteroatoms. The molecular formula is C16H18N2O3S. The molecule has 1 amide bonds. The van der Waals surface area contributed by atoms with E-state index in [9.17, 15) is 4.79 Å². The number of benzene rings is 1. The Labute approximate surface area is 133 Å². The fourth-order valence-electron chi connectivity index (χ4n) is 2.64. The van der Waals surface area contributed by atoms with Crippen LogP contribution in [0.2, 0.25) is 0 Å². The highest BCUT2D eigenvalue weighted by Gasteiger charge is 2.29. The molecule has 1 aliphatic rings. The number of ether oxygens (including phenoxy) is 2. The fraction of sp³-hybridized carbons (Fsp3) is 0.375. The molecule has 0 unspecified atom stereocenters. The van der Waals surface area contributed by atoms with Gasteiger partial charge in [-0.3, -0.25) is 4.79 Å². The molecule has 116 valence electrons. The summed E-state index contributed by atoms with van der Waals surface area (Å²) >= 11 is 1.56. The van der Waals surface area contributed by atoms with Crippen molar-refractivity contribution in [3.8, 4) is 11.5 Å². The Balaban J connectivity index is 1.70. The maximum absolute atomic E-state index is 12.6. The van der Waals surface area contributed by atoms with Crippen LogP contribution in [0.15, 0.2) is 29.8 Å². The van der Waals surface area contributed by atoms with Crippen molar-refractivity contribution in [3.05, 3.63) is 40.3 Å². The van der Waals surface area contributed by atoms with Crippen molar-refractivity contribution in [1.29, 1.82) is 0 Å². The molecular weight excluding hydrogens is 300 g/mol. The molecule has 2 aromatic rings. The number of carbonyl (C=O) groups excluding carboxylic acids is 1. The van der Waals surface area contributed by atoms with Crippen molar-refractivity contribution in [2.75, 3.05) is 20.8 Å². The lowest BCUT2D eigenvalue weighted by Crippen LogP contribution is -2.38. The summed E-state index contributed by atoms with van der Waals surface area (Å²) in [4.78, 5) is 18.5. The molecule has 0 spiro atoms. The van der Waals surface area contributed by atoms with Gasteiger partial charge in [0.25, 0.3) is 0 Å². The molecule has 0 saturated carbocycles. The Morgan fingerprint density at radius 1 is 1.55 bits per heavy atom. The first-order valence-corrected chi connectivity index (χ1v) is 7.99. The van der Waals surface area contributed by atoms with Gasteiger partial charge in [0.1, 0.15) is 11.6 Å². The van der Waals surface area contributed by atoms with Crippen LogP contribution in [0.3, 0.4) is 0 Å². The molecule has 1 aromatic carbocycles. The summed E-state index contributed by atoms with van der Waals surface area (Å²) in [7, 11) is 3.43. The van der Waals surface area contributed by atoms with Crippen LogP contribution < -0.4 is 9.47 Å². The number of carbonyl (C=O) groups is 1. The van der Waals surface area contributed by atoms with Crippen molar-refractivity contribution >= 4 is 17.2 Å². The maximum atomic E-state index is 12.6. The van der Waals surface area contributed by atoms with Gasteiger partial charge in [-0.1, -0.05) is 12.1 Å². The largest absolute Gasteiger partial charge is 0.493 e. The number of para-hydroxylation sites is 1. The topological polar surface area (TPSA) is 51.7 Å². The highest BCUT2D eigenvalue weighted by Crippen LogP contribution is 2.36. The minimum absolute atomic E-state index is 0.0867. The second-order valence-electron chi connectivity index (χ2n) is 5.28. The van der Waals surface area contributed by atoms with Gasteiger partial charge in [-0.2, -0.15) is 0 Å². The molecule has 0 bridgehead atoms. The number of amides is 1. The van der Waals surface area contributed by atoms with E-state index in [0.29, 0.717) is 19.6 Å². The van der Waals surface area contributed by atoms with E-state index < -0.39 is 0 Å². The molecule has 0 aliphatic carbocycles. The van der Waals surface area contributed by atoms with E-state index in [1.165, 1.54) is 0 Å². The SMILES string of the molecule is COc1cccc2c1OC[C@@H](C(=O)N(C)Cc1nccs1)C2. The first-order valence-electron chi connectivity index (χ1n) is 7.11. The molecule has 0 N–H and O–H groups in total. The lowest BCUT2D eigenvalue weighted by atomic mass is 9.95. The van der Waals surface area contributed by atoms with Gasteiger partial charge in [0, 0.05) is 18.6 Å². The number of nitrogens with zero attached hydrogens (tertiary/aromatic N) is 2. The summed E-state index contributed by atoms with van der Waals surface area (Å²) in [5, 5.41) is 2.86. The molecule has 2 heterocycles. The first kappa shape index (κ1) is 14.8. The minimum Gasteiger partial charge on any atom is -0.493 e. The van der Waals surface area contributed by atoms with Gasteiger partial charge in [0.15, 0.2) is 11.5 Å². The van der Waals surface area contributed by atoms with Crippen LogP contribution in [-0.2, 0) is 17.8 Å². The third kappa shape index (κ3) is 2.92. The Bertz CT molecular complexity index is 657. The number of fused-ring (bicyclic) bond motifs is 1. The number of hydrogen-bond acceptors (Lipinski definition) is 5. The Hall–Kier alpha value is -2.08. The number of rotatable bonds is 4. The monoisotopic (exact) mass is 318 g/mol. The van der Waals surface area contributed by atoms with Crippen LogP contribution in [0.25, 0.3) is 0 Å². The van der Waals surface area contributed by atoms with Gasteiger partial charge in [-0.15, -0.1) is 11.3 Å². The summed E-state index contributed by atoms with van der Waals surface area (Å²) in [5.41, 5.74) is 1.02. The van der Waals surface area contributed by atoms with Crippen LogP contribution >= 0.6 is 11.3 Å². The summed E-state index contributed by atoms with van der Waals surface area (Å²) in [5.74, 6) is 1.41. The summed E-state index contributed by atoms with van der Waals surface area (Å²) in [6.45, 7) is 0.923. The van der Waals surface area contributed by atoms with E-state index in [2.05, 4.69) is 4.98 Å². The van der Waals surface area contributed by atoms with Crippen molar-refractivity contribution in [1.82, 2.24) is 9.88 Å². The molecule has 0 saturated heterocycles. The highest BCUT2D eigenvalue weighted by atomic mass is 32.1. The maximum Gasteiger partial charge on any atom is 0.229 e. The molecule has 22 heavy (non-hydrogen) atoms. The van der Waals surface area contributed by atoms with Gasteiger partial charge >= 0.3 is 0 Å². The normalized spacial score (nSPS) is 16.5. The second-order valence-corrected chi connectivity index (χ2v) is 6.26. The summed E-state index contributed by atoms with van der Waals surface area (Å²) in [6.07, 6.45) is 2.43. The molecule has 0 fully saturated rings. The van der Waals surface area contributed by atoms with Crippen LogP contribution in [-0.4, -0.2) is 36.6 Å². The minimum atomic E-state index is -0.162. The molecule has 1 aromatic heterocycles. The zero-order valence-corrected chi connectivity index (χ0v) is 13.4. The Morgan fingerprint density at radius 2 is 2.41 bits per heavy atom. The lowest BCUT2D eigenvalue weighted by molar-refractivity contribution is -0.136. The first-order chi connectivity index (χ1) is 10.7. The fourth-order valence-corrected chi connectivity index (χ4v) is 3.31. The summed E-state index contributed by atoms with van der Waals surface area (Å²) in [6, 6.07) is 5.78. The van der Waals surface area contributed by atoms with Crippen LogP contribution in [0.4, 0.5) is 0 Å². The summed E-state index contributed by atoms with van der Waals surface area (Å²) < 4.78 is 11.1. The quantitative estimate of drug-likeness (QED) is 0.868. The Kier molecular flexibility index (Phi) is 4.29. The standard InChI is InChI=1S/C16H18N2O3S/c1-18(9-14-17-6-7-22-14)16(19)12-8-11-4-3-5-13(20-2)15(11)21-10-12/h3-7,12H,8-10H2,1-2H3/t12-/m0/s1. The van der Waals surface area contributed by atoms with Gasteiger partial charge in [0.05, 0.1) is 19.6 Å². The number of aromatic nitrogens is 1. The third-order valence-electron chi connectivity index (χ3n) is 3.76. The smallest absolute Gasteiger partial charge is 0.229 e. The van der Waals surface area contributed by atoms with E-state index in [-0.39, 0.29) is 11.8 Å². The average Bonchev–Trinajstić information content (AvgIpc) is 3.05. The van der Waals surface area contributed by atoms with Gasteiger partial charge in [0.2, 0.25) is 5.91 Å². The number of methoxy groups -OCH3 is 1. The Morgan fingerprint density at radius 3 is 3.14 bits per heavy atom. The predicted molar refractivity (Wildman–Crippen MR) is 84.3 cm³/mol. The average molecular weight is 318 g/mol. The van der Waals surface area contributed by atoms with E-state index in [4.69, 9.17) is 9.47 Å².